The fraction of sp³-hybridized carbons (Fsp3) is 0.562. The van der Waals surface area contributed by atoms with Gasteiger partial charge in [-0.1, -0.05) is 13.0 Å². The van der Waals surface area contributed by atoms with Gasteiger partial charge < -0.3 is 15.2 Å². The maximum atomic E-state index is 11.3. The van der Waals surface area contributed by atoms with Crippen LogP contribution in [0.15, 0.2) is 18.2 Å². The van der Waals surface area contributed by atoms with Crippen molar-refractivity contribution in [2.75, 3.05) is 13.2 Å². The molecule has 112 valence electrons. The number of carboxylic acid groups (broad SMARTS) is 1. The standard InChI is InChI=1S/C16H25NO3/c1-5-17-16(4,15(18)19)7-6-8-20-14-10-12(2)9-13(3)11-14/h9-11,17H,5-8H2,1-4H3,(H,18,19). The van der Waals surface area contributed by atoms with E-state index in [1.807, 2.05) is 32.9 Å². The molecule has 0 radical (unpaired) electrons. The zero-order valence-corrected chi connectivity index (χ0v) is 12.8. The van der Waals surface area contributed by atoms with Gasteiger partial charge in [-0.25, -0.2) is 0 Å². The van der Waals surface area contributed by atoms with E-state index in [0.717, 1.165) is 5.75 Å². The van der Waals surface area contributed by atoms with E-state index < -0.39 is 11.5 Å². The molecule has 1 unspecified atom stereocenters. The predicted octanol–water partition coefficient (Wildman–Crippen LogP) is 2.92. The number of hydrogen-bond acceptors (Lipinski definition) is 3. The highest BCUT2D eigenvalue weighted by atomic mass is 16.5. The molecule has 1 rings (SSSR count). The lowest BCUT2D eigenvalue weighted by molar-refractivity contribution is -0.144. The Morgan fingerprint density at radius 1 is 1.30 bits per heavy atom. The van der Waals surface area contributed by atoms with E-state index in [2.05, 4.69) is 11.4 Å². The molecule has 0 aromatic heterocycles. The minimum atomic E-state index is -0.874. The molecule has 0 bridgehead atoms. The van der Waals surface area contributed by atoms with Gasteiger partial charge in [0.05, 0.1) is 6.61 Å². The Hall–Kier alpha value is -1.55. The zero-order chi connectivity index (χ0) is 15.2. The van der Waals surface area contributed by atoms with Crippen LogP contribution in [-0.2, 0) is 4.79 Å². The Bertz CT molecular complexity index is 439. The molecule has 1 atom stereocenters. The molecule has 0 aliphatic heterocycles. The maximum absolute atomic E-state index is 11.3. The average molecular weight is 279 g/mol. The third-order valence-corrected chi connectivity index (χ3v) is 3.32. The summed E-state index contributed by atoms with van der Waals surface area (Å²) in [6.07, 6.45) is 1.24. The fourth-order valence-electron chi connectivity index (χ4n) is 2.29. The van der Waals surface area contributed by atoms with Gasteiger partial charge >= 0.3 is 5.97 Å². The van der Waals surface area contributed by atoms with Crippen molar-refractivity contribution in [2.24, 2.45) is 0 Å². The van der Waals surface area contributed by atoms with Gasteiger partial charge in [0, 0.05) is 0 Å². The first-order valence-corrected chi connectivity index (χ1v) is 7.07. The summed E-state index contributed by atoms with van der Waals surface area (Å²) in [5.41, 5.74) is 1.46. The molecule has 1 aromatic rings. The van der Waals surface area contributed by atoms with Gasteiger partial charge in [0.2, 0.25) is 0 Å². The van der Waals surface area contributed by atoms with E-state index >= 15 is 0 Å². The first-order chi connectivity index (χ1) is 9.37. The number of ether oxygens (including phenoxy) is 1. The Morgan fingerprint density at radius 3 is 2.40 bits per heavy atom. The molecule has 4 nitrogen and oxygen atoms in total. The van der Waals surface area contributed by atoms with Gasteiger partial charge in [-0.05, 0) is 63.4 Å². The zero-order valence-electron chi connectivity index (χ0n) is 12.8. The van der Waals surface area contributed by atoms with Crippen LogP contribution in [0, 0.1) is 13.8 Å². The van der Waals surface area contributed by atoms with Crippen molar-refractivity contribution < 1.29 is 14.6 Å². The Morgan fingerprint density at radius 2 is 1.90 bits per heavy atom. The molecular weight excluding hydrogens is 254 g/mol. The molecule has 0 fully saturated rings. The summed E-state index contributed by atoms with van der Waals surface area (Å²) in [4.78, 5) is 11.3. The Balaban J connectivity index is 2.46. The molecule has 0 aliphatic carbocycles. The second-order valence-corrected chi connectivity index (χ2v) is 5.44. The van der Waals surface area contributed by atoms with Gasteiger partial charge in [0.25, 0.3) is 0 Å². The number of aliphatic carboxylic acids is 1. The van der Waals surface area contributed by atoms with E-state index in [1.54, 1.807) is 6.92 Å². The fourth-order valence-corrected chi connectivity index (χ4v) is 2.29. The van der Waals surface area contributed by atoms with Crippen molar-refractivity contribution in [3.8, 4) is 5.75 Å². The smallest absolute Gasteiger partial charge is 0.323 e. The highest BCUT2D eigenvalue weighted by Crippen LogP contribution is 2.18. The SMILES string of the molecule is CCNC(C)(CCCOc1cc(C)cc(C)c1)C(=O)O. The molecule has 0 aliphatic rings. The molecule has 0 heterocycles. The quantitative estimate of drug-likeness (QED) is 0.718. The van der Waals surface area contributed by atoms with Gasteiger partial charge in [-0.2, -0.15) is 0 Å². The van der Waals surface area contributed by atoms with Crippen LogP contribution < -0.4 is 10.1 Å². The second kappa shape index (κ2) is 7.29. The van der Waals surface area contributed by atoms with Crippen LogP contribution in [-0.4, -0.2) is 29.8 Å². The minimum Gasteiger partial charge on any atom is -0.494 e. The third kappa shape index (κ3) is 4.85. The van der Waals surface area contributed by atoms with Gasteiger partial charge in [0.15, 0.2) is 0 Å². The van der Waals surface area contributed by atoms with Crippen LogP contribution in [0.4, 0.5) is 0 Å². The van der Waals surface area contributed by atoms with Crippen LogP contribution in [0.3, 0.4) is 0 Å². The summed E-state index contributed by atoms with van der Waals surface area (Å²) in [7, 11) is 0. The summed E-state index contributed by atoms with van der Waals surface area (Å²) in [6.45, 7) is 8.86. The van der Waals surface area contributed by atoms with Crippen molar-refractivity contribution in [2.45, 2.75) is 46.1 Å². The summed E-state index contributed by atoms with van der Waals surface area (Å²) in [5, 5.41) is 12.3. The molecule has 20 heavy (non-hydrogen) atoms. The van der Waals surface area contributed by atoms with E-state index in [9.17, 15) is 9.90 Å². The summed E-state index contributed by atoms with van der Waals surface area (Å²) in [6, 6.07) is 6.08. The number of carboxylic acids is 1. The van der Waals surface area contributed by atoms with Crippen LogP contribution in [0.5, 0.6) is 5.75 Å². The number of nitrogens with one attached hydrogen (secondary N) is 1. The van der Waals surface area contributed by atoms with Crippen LogP contribution in [0.1, 0.15) is 37.8 Å². The van der Waals surface area contributed by atoms with Gasteiger partial charge in [-0.3, -0.25) is 4.79 Å². The monoisotopic (exact) mass is 279 g/mol. The number of benzene rings is 1. The van der Waals surface area contributed by atoms with Crippen molar-refractivity contribution in [3.05, 3.63) is 29.3 Å². The lowest BCUT2D eigenvalue weighted by atomic mass is 9.96. The molecule has 2 N–H and O–H groups in total. The topological polar surface area (TPSA) is 58.6 Å². The molecule has 0 saturated carbocycles. The number of rotatable bonds is 8. The van der Waals surface area contributed by atoms with Crippen LogP contribution >= 0.6 is 0 Å². The molecule has 0 amide bonds. The highest BCUT2D eigenvalue weighted by Gasteiger charge is 2.31. The highest BCUT2D eigenvalue weighted by molar-refractivity contribution is 5.78. The second-order valence-electron chi connectivity index (χ2n) is 5.44. The molecular formula is C16H25NO3. The number of hydrogen-bond donors (Lipinski definition) is 2. The predicted molar refractivity (Wildman–Crippen MR) is 80.4 cm³/mol. The van der Waals surface area contributed by atoms with Crippen LogP contribution in [0.25, 0.3) is 0 Å². The largest absolute Gasteiger partial charge is 0.494 e. The first-order valence-electron chi connectivity index (χ1n) is 7.07. The normalized spacial score (nSPS) is 13.8. The van der Waals surface area contributed by atoms with Crippen molar-refractivity contribution in [3.63, 3.8) is 0 Å². The van der Waals surface area contributed by atoms with Crippen LogP contribution in [0.2, 0.25) is 0 Å². The molecule has 4 heteroatoms. The molecule has 0 spiro atoms. The van der Waals surface area contributed by atoms with E-state index in [-0.39, 0.29) is 0 Å². The summed E-state index contributed by atoms with van der Waals surface area (Å²) < 4.78 is 5.70. The molecule has 1 aromatic carbocycles. The van der Waals surface area contributed by atoms with Crippen molar-refractivity contribution in [1.82, 2.24) is 5.32 Å². The lowest BCUT2D eigenvalue weighted by Crippen LogP contribution is -2.49. The van der Waals surface area contributed by atoms with Crippen molar-refractivity contribution in [1.29, 1.82) is 0 Å². The maximum Gasteiger partial charge on any atom is 0.323 e. The Kier molecular flexibility index (Phi) is 6.02. The average Bonchev–Trinajstić information content (AvgIpc) is 2.33. The van der Waals surface area contributed by atoms with E-state index in [1.165, 1.54) is 11.1 Å². The van der Waals surface area contributed by atoms with E-state index in [0.29, 0.717) is 26.0 Å². The van der Waals surface area contributed by atoms with Gasteiger partial charge in [-0.15, -0.1) is 0 Å². The molecule has 0 saturated heterocycles. The summed E-state index contributed by atoms with van der Waals surface area (Å²) >= 11 is 0. The Labute approximate surface area is 121 Å². The number of likely N-dealkylation sites (N-methyl/N-ethyl adjacent to an activating group) is 1. The number of carbonyl (C=O) groups is 1. The summed E-state index contributed by atoms with van der Waals surface area (Å²) in [5.74, 6) is 0.0359. The van der Waals surface area contributed by atoms with Gasteiger partial charge in [0.1, 0.15) is 11.3 Å². The van der Waals surface area contributed by atoms with E-state index in [4.69, 9.17) is 4.74 Å². The minimum absolute atomic E-state index is 0.525. The first kappa shape index (κ1) is 16.5. The van der Waals surface area contributed by atoms with Crippen molar-refractivity contribution >= 4 is 5.97 Å². The lowest BCUT2D eigenvalue weighted by Gasteiger charge is -2.25. The third-order valence-electron chi connectivity index (χ3n) is 3.32. The number of aryl methyl sites for hydroxylation is 2.